The SMILES string of the molecule is NNC(c1ccc(Br)c(C(F)(F)F)c1)C1CCOC1. The predicted octanol–water partition coefficient (Wildman–Crippen LogP) is 3.01. The lowest BCUT2D eigenvalue weighted by Crippen LogP contribution is -2.34. The summed E-state index contributed by atoms with van der Waals surface area (Å²) in [5.41, 5.74) is 2.43. The minimum absolute atomic E-state index is 0.0298. The molecule has 2 rings (SSSR count). The number of hydrazine groups is 1. The monoisotopic (exact) mass is 338 g/mol. The van der Waals surface area contributed by atoms with Gasteiger partial charge in [-0.2, -0.15) is 13.2 Å². The molecule has 0 aromatic heterocycles. The first kappa shape index (κ1) is 14.8. The molecule has 1 fully saturated rings. The van der Waals surface area contributed by atoms with Crippen LogP contribution in [0, 0.1) is 5.92 Å². The molecule has 19 heavy (non-hydrogen) atoms. The number of hydrogen-bond acceptors (Lipinski definition) is 3. The van der Waals surface area contributed by atoms with Gasteiger partial charge in [0.2, 0.25) is 0 Å². The maximum atomic E-state index is 12.9. The number of benzene rings is 1. The number of nitrogens with one attached hydrogen (secondary N) is 1. The highest BCUT2D eigenvalue weighted by atomic mass is 79.9. The fourth-order valence-electron chi connectivity index (χ4n) is 2.27. The average molecular weight is 339 g/mol. The van der Waals surface area contributed by atoms with Crippen molar-refractivity contribution in [3.8, 4) is 0 Å². The molecule has 1 heterocycles. The smallest absolute Gasteiger partial charge is 0.381 e. The molecule has 0 amide bonds. The van der Waals surface area contributed by atoms with E-state index in [2.05, 4.69) is 21.4 Å². The Labute approximate surface area is 117 Å². The van der Waals surface area contributed by atoms with Crippen LogP contribution in [0.1, 0.15) is 23.6 Å². The molecule has 1 aromatic rings. The second kappa shape index (κ2) is 5.78. The van der Waals surface area contributed by atoms with Crippen LogP contribution in [0.15, 0.2) is 22.7 Å². The molecule has 1 aromatic carbocycles. The highest BCUT2D eigenvalue weighted by Gasteiger charge is 2.34. The van der Waals surface area contributed by atoms with Crippen LogP contribution in [0.3, 0.4) is 0 Å². The van der Waals surface area contributed by atoms with Crippen molar-refractivity contribution in [1.29, 1.82) is 0 Å². The maximum absolute atomic E-state index is 12.9. The lowest BCUT2D eigenvalue weighted by atomic mass is 9.92. The first-order valence-electron chi connectivity index (χ1n) is 5.84. The Hall–Kier alpha value is -0.630. The van der Waals surface area contributed by atoms with Gasteiger partial charge in [-0.3, -0.25) is 11.3 Å². The fraction of sp³-hybridized carbons (Fsp3) is 0.500. The molecular weight excluding hydrogens is 325 g/mol. The topological polar surface area (TPSA) is 47.3 Å². The summed E-state index contributed by atoms with van der Waals surface area (Å²) in [6.45, 7) is 1.12. The third kappa shape index (κ3) is 3.28. The summed E-state index contributed by atoms with van der Waals surface area (Å²) < 4.78 is 43.9. The van der Waals surface area contributed by atoms with Gasteiger partial charge in [0.1, 0.15) is 0 Å². The summed E-state index contributed by atoms with van der Waals surface area (Å²) >= 11 is 2.92. The number of rotatable bonds is 3. The van der Waals surface area contributed by atoms with Crippen LogP contribution in [0.4, 0.5) is 13.2 Å². The first-order chi connectivity index (χ1) is 8.93. The van der Waals surface area contributed by atoms with E-state index in [-0.39, 0.29) is 16.4 Å². The Morgan fingerprint density at radius 3 is 2.68 bits per heavy atom. The highest BCUT2D eigenvalue weighted by Crippen LogP contribution is 2.38. The normalized spacial score (nSPS) is 21.6. The van der Waals surface area contributed by atoms with Gasteiger partial charge in [0, 0.05) is 17.0 Å². The molecule has 1 saturated heterocycles. The number of nitrogens with two attached hydrogens (primary N) is 1. The van der Waals surface area contributed by atoms with E-state index >= 15 is 0 Å². The molecular formula is C12H14BrF3N2O. The summed E-state index contributed by atoms with van der Waals surface area (Å²) in [4.78, 5) is 0. The van der Waals surface area contributed by atoms with Gasteiger partial charge in [-0.05, 0) is 24.1 Å². The number of halogens is 4. The van der Waals surface area contributed by atoms with Crippen molar-refractivity contribution in [3.63, 3.8) is 0 Å². The third-order valence-electron chi connectivity index (χ3n) is 3.27. The van der Waals surface area contributed by atoms with Gasteiger partial charge in [0.05, 0.1) is 18.2 Å². The lowest BCUT2D eigenvalue weighted by Gasteiger charge is -2.23. The van der Waals surface area contributed by atoms with Gasteiger partial charge in [-0.25, -0.2) is 0 Å². The zero-order chi connectivity index (χ0) is 14.0. The van der Waals surface area contributed by atoms with E-state index < -0.39 is 11.7 Å². The molecule has 0 aliphatic carbocycles. The number of ether oxygens (including phenoxy) is 1. The second-order valence-electron chi connectivity index (χ2n) is 4.51. The molecule has 3 N–H and O–H groups in total. The van der Waals surface area contributed by atoms with Crippen molar-refractivity contribution in [3.05, 3.63) is 33.8 Å². The minimum atomic E-state index is -4.39. The molecule has 1 aliphatic heterocycles. The summed E-state index contributed by atoms with van der Waals surface area (Å²) in [6.07, 6.45) is -3.60. The molecule has 2 unspecified atom stereocenters. The van der Waals surface area contributed by atoms with Gasteiger partial charge < -0.3 is 4.74 Å². The fourth-order valence-corrected chi connectivity index (χ4v) is 2.75. The van der Waals surface area contributed by atoms with Crippen molar-refractivity contribution in [2.45, 2.75) is 18.6 Å². The molecule has 1 aliphatic rings. The Kier molecular flexibility index (Phi) is 4.50. The van der Waals surface area contributed by atoms with Gasteiger partial charge in [0.15, 0.2) is 0 Å². The van der Waals surface area contributed by atoms with E-state index in [1.165, 1.54) is 6.07 Å². The Balaban J connectivity index is 2.33. The molecule has 0 saturated carbocycles. The maximum Gasteiger partial charge on any atom is 0.417 e. The van der Waals surface area contributed by atoms with Crippen molar-refractivity contribution < 1.29 is 17.9 Å². The van der Waals surface area contributed by atoms with E-state index in [4.69, 9.17) is 10.6 Å². The van der Waals surface area contributed by atoms with Crippen molar-refractivity contribution in [2.75, 3.05) is 13.2 Å². The van der Waals surface area contributed by atoms with E-state index in [1.54, 1.807) is 6.07 Å². The van der Waals surface area contributed by atoms with Crippen LogP contribution in [0.2, 0.25) is 0 Å². The summed E-state index contributed by atoms with van der Waals surface area (Å²) in [5.74, 6) is 5.57. The highest BCUT2D eigenvalue weighted by molar-refractivity contribution is 9.10. The molecule has 0 radical (unpaired) electrons. The van der Waals surface area contributed by atoms with Gasteiger partial charge in [0.25, 0.3) is 0 Å². The van der Waals surface area contributed by atoms with Crippen LogP contribution in [0.25, 0.3) is 0 Å². The Morgan fingerprint density at radius 2 is 2.16 bits per heavy atom. The molecule has 0 spiro atoms. The van der Waals surface area contributed by atoms with Crippen LogP contribution >= 0.6 is 15.9 Å². The average Bonchev–Trinajstić information content (AvgIpc) is 2.84. The van der Waals surface area contributed by atoms with Crippen molar-refractivity contribution in [1.82, 2.24) is 5.43 Å². The first-order valence-corrected chi connectivity index (χ1v) is 6.63. The van der Waals surface area contributed by atoms with Crippen LogP contribution in [0.5, 0.6) is 0 Å². The summed E-state index contributed by atoms with van der Waals surface area (Å²) in [5, 5.41) is 0. The molecule has 106 valence electrons. The zero-order valence-corrected chi connectivity index (χ0v) is 11.6. The second-order valence-corrected chi connectivity index (χ2v) is 5.36. The van der Waals surface area contributed by atoms with E-state index in [9.17, 15) is 13.2 Å². The van der Waals surface area contributed by atoms with Gasteiger partial charge in [-0.15, -0.1) is 0 Å². The summed E-state index contributed by atoms with van der Waals surface area (Å²) in [6, 6.07) is 3.84. The Bertz CT molecular complexity index is 447. The Morgan fingerprint density at radius 1 is 1.42 bits per heavy atom. The van der Waals surface area contributed by atoms with Crippen LogP contribution in [-0.2, 0) is 10.9 Å². The van der Waals surface area contributed by atoms with E-state index in [0.29, 0.717) is 18.8 Å². The van der Waals surface area contributed by atoms with E-state index in [0.717, 1.165) is 12.5 Å². The molecule has 3 nitrogen and oxygen atoms in total. The third-order valence-corrected chi connectivity index (χ3v) is 3.96. The largest absolute Gasteiger partial charge is 0.417 e. The van der Waals surface area contributed by atoms with Gasteiger partial charge in [-0.1, -0.05) is 22.0 Å². The van der Waals surface area contributed by atoms with Crippen LogP contribution in [-0.4, -0.2) is 13.2 Å². The van der Waals surface area contributed by atoms with E-state index in [1.807, 2.05) is 0 Å². The van der Waals surface area contributed by atoms with Crippen molar-refractivity contribution >= 4 is 15.9 Å². The molecule has 7 heteroatoms. The quantitative estimate of drug-likeness (QED) is 0.657. The standard InChI is InChI=1S/C12H14BrF3N2O/c13-10-2-1-7(5-9(10)12(14,15)16)11(18-17)8-3-4-19-6-8/h1-2,5,8,11,18H,3-4,6,17H2. The van der Waals surface area contributed by atoms with Gasteiger partial charge >= 0.3 is 6.18 Å². The zero-order valence-electron chi connectivity index (χ0n) is 10.0. The van der Waals surface area contributed by atoms with Crippen LogP contribution < -0.4 is 11.3 Å². The number of hydrogen-bond donors (Lipinski definition) is 2. The number of alkyl halides is 3. The molecule has 0 bridgehead atoms. The lowest BCUT2D eigenvalue weighted by molar-refractivity contribution is -0.138. The molecule has 2 atom stereocenters. The summed E-state index contributed by atoms with van der Waals surface area (Å²) in [7, 11) is 0. The minimum Gasteiger partial charge on any atom is -0.381 e. The van der Waals surface area contributed by atoms with Crippen molar-refractivity contribution in [2.24, 2.45) is 11.8 Å². The predicted molar refractivity (Wildman–Crippen MR) is 68.1 cm³/mol.